The second-order valence-corrected chi connectivity index (χ2v) is 9.05. The molecule has 1 N–H and O–H groups in total. The number of carbonyl (C=O) groups is 1. The Morgan fingerprint density at radius 3 is 2.80 bits per heavy atom. The zero-order valence-corrected chi connectivity index (χ0v) is 20.9. The summed E-state index contributed by atoms with van der Waals surface area (Å²) in [5, 5.41) is 8.35. The SMILES string of the molecule is CCCCOc1cccc(C2C(C(=O)OCC)=C(C)Nc3nc(SCc4ccccc4F)nn32)c1. The van der Waals surface area contributed by atoms with Crippen molar-refractivity contribution in [2.45, 2.75) is 50.6 Å². The van der Waals surface area contributed by atoms with Crippen LogP contribution in [0.1, 0.15) is 50.8 Å². The topological polar surface area (TPSA) is 78.3 Å². The molecule has 7 nitrogen and oxygen atoms in total. The van der Waals surface area contributed by atoms with Crippen molar-refractivity contribution in [3.63, 3.8) is 0 Å². The average molecular weight is 497 g/mol. The quantitative estimate of drug-likeness (QED) is 0.218. The fourth-order valence-electron chi connectivity index (χ4n) is 3.84. The number of benzene rings is 2. The first-order chi connectivity index (χ1) is 17.0. The van der Waals surface area contributed by atoms with Crippen LogP contribution in [0.3, 0.4) is 0 Å². The highest BCUT2D eigenvalue weighted by Gasteiger charge is 2.35. The summed E-state index contributed by atoms with van der Waals surface area (Å²) in [7, 11) is 0. The minimum Gasteiger partial charge on any atom is -0.494 e. The number of allylic oxidation sites excluding steroid dienone is 1. The zero-order chi connectivity index (χ0) is 24.8. The van der Waals surface area contributed by atoms with Gasteiger partial charge in [0.15, 0.2) is 0 Å². The third-order valence-electron chi connectivity index (χ3n) is 5.58. The number of thioether (sulfide) groups is 1. The first-order valence-corrected chi connectivity index (χ1v) is 12.7. The van der Waals surface area contributed by atoms with Gasteiger partial charge >= 0.3 is 5.97 Å². The zero-order valence-electron chi connectivity index (χ0n) is 20.1. The van der Waals surface area contributed by atoms with Crippen molar-refractivity contribution in [1.82, 2.24) is 14.8 Å². The maximum absolute atomic E-state index is 14.1. The van der Waals surface area contributed by atoms with E-state index in [2.05, 4.69) is 22.3 Å². The minimum absolute atomic E-state index is 0.260. The van der Waals surface area contributed by atoms with Crippen LogP contribution in [-0.4, -0.2) is 33.9 Å². The van der Waals surface area contributed by atoms with Gasteiger partial charge in [-0.3, -0.25) is 0 Å². The van der Waals surface area contributed by atoms with Crippen LogP contribution in [-0.2, 0) is 15.3 Å². The second-order valence-electron chi connectivity index (χ2n) is 8.10. The van der Waals surface area contributed by atoms with Crippen LogP contribution < -0.4 is 10.1 Å². The molecule has 1 aromatic heterocycles. The molecule has 1 unspecified atom stereocenters. The van der Waals surface area contributed by atoms with Gasteiger partial charge in [0.2, 0.25) is 11.1 Å². The van der Waals surface area contributed by atoms with Crippen molar-refractivity contribution in [3.05, 3.63) is 76.7 Å². The van der Waals surface area contributed by atoms with Gasteiger partial charge in [-0.05, 0) is 49.6 Å². The van der Waals surface area contributed by atoms with E-state index in [-0.39, 0.29) is 12.4 Å². The Hall–Kier alpha value is -3.33. The van der Waals surface area contributed by atoms with E-state index in [9.17, 15) is 9.18 Å². The van der Waals surface area contributed by atoms with Crippen LogP contribution in [0.2, 0.25) is 0 Å². The van der Waals surface area contributed by atoms with E-state index in [1.54, 1.807) is 29.8 Å². The van der Waals surface area contributed by atoms with Crippen molar-refractivity contribution in [3.8, 4) is 5.75 Å². The number of hydrogen-bond donors (Lipinski definition) is 1. The Morgan fingerprint density at radius 2 is 2.03 bits per heavy atom. The maximum atomic E-state index is 14.1. The number of nitrogens with zero attached hydrogens (tertiary/aromatic N) is 3. The standard InChI is InChI=1S/C26H29FN4O3S/c1-4-6-14-34-20-12-9-11-18(15-20)23-22(24(32)33-5-2)17(3)28-25-29-26(30-31(23)25)35-16-19-10-7-8-13-21(19)27/h7-13,15,23H,4-6,14,16H2,1-3H3,(H,28,29,30). The van der Waals surface area contributed by atoms with E-state index < -0.39 is 12.0 Å². The molecule has 184 valence electrons. The summed E-state index contributed by atoms with van der Waals surface area (Å²) in [6, 6.07) is 13.8. The monoisotopic (exact) mass is 496 g/mol. The predicted octanol–water partition coefficient (Wildman–Crippen LogP) is 5.74. The molecule has 1 atom stereocenters. The van der Waals surface area contributed by atoms with E-state index in [1.807, 2.05) is 31.2 Å². The third-order valence-corrected chi connectivity index (χ3v) is 6.47. The smallest absolute Gasteiger partial charge is 0.338 e. The second kappa shape index (κ2) is 11.4. The molecule has 2 aromatic carbocycles. The molecule has 9 heteroatoms. The summed E-state index contributed by atoms with van der Waals surface area (Å²) in [6.45, 7) is 6.60. The van der Waals surface area contributed by atoms with Gasteiger partial charge in [0.25, 0.3) is 0 Å². The molecule has 0 radical (unpaired) electrons. The van der Waals surface area contributed by atoms with Gasteiger partial charge in [0.1, 0.15) is 17.6 Å². The van der Waals surface area contributed by atoms with Gasteiger partial charge in [-0.15, -0.1) is 5.10 Å². The van der Waals surface area contributed by atoms with Crippen molar-refractivity contribution < 1.29 is 18.7 Å². The molecular formula is C26H29FN4O3S. The van der Waals surface area contributed by atoms with E-state index in [1.165, 1.54) is 17.8 Å². The average Bonchev–Trinajstić information content (AvgIpc) is 3.25. The molecule has 0 aliphatic carbocycles. The van der Waals surface area contributed by atoms with Gasteiger partial charge in [-0.25, -0.2) is 13.9 Å². The Bertz CT molecular complexity index is 1230. The van der Waals surface area contributed by atoms with E-state index >= 15 is 0 Å². The van der Waals surface area contributed by atoms with Crippen LogP contribution in [0.25, 0.3) is 0 Å². The first-order valence-electron chi connectivity index (χ1n) is 11.7. The van der Waals surface area contributed by atoms with Gasteiger partial charge in [0.05, 0.1) is 18.8 Å². The first kappa shape index (κ1) is 24.8. The minimum atomic E-state index is -0.546. The van der Waals surface area contributed by atoms with Crippen LogP contribution in [0.4, 0.5) is 10.3 Å². The number of aromatic nitrogens is 3. The van der Waals surface area contributed by atoms with Crippen LogP contribution >= 0.6 is 11.8 Å². The van der Waals surface area contributed by atoms with Crippen molar-refractivity contribution in [1.29, 1.82) is 0 Å². The van der Waals surface area contributed by atoms with Gasteiger partial charge in [-0.1, -0.05) is 55.4 Å². The van der Waals surface area contributed by atoms with Crippen LogP contribution in [0.5, 0.6) is 5.75 Å². The van der Waals surface area contributed by atoms with Gasteiger partial charge in [-0.2, -0.15) is 4.98 Å². The lowest BCUT2D eigenvalue weighted by molar-refractivity contribution is -0.139. The molecule has 0 saturated heterocycles. The summed E-state index contributed by atoms with van der Waals surface area (Å²) < 4.78 is 27.0. The van der Waals surface area contributed by atoms with Gasteiger partial charge < -0.3 is 14.8 Å². The summed E-state index contributed by atoms with van der Waals surface area (Å²) in [6.07, 6.45) is 2.00. The molecule has 3 aromatic rings. The molecule has 4 rings (SSSR count). The highest BCUT2D eigenvalue weighted by Crippen LogP contribution is 2.38. The fraction of sp³-hybridized carbons (Fsp3) is 0.346. The number of unbranched alkanes of at least 4 members (excludes halogenated alkanes) is 1. The lowest BCUT2D eigenvalue weighted by atomic mass is 9.95. The number of anilines is 1. The number of hydrogen-bond acceptors (Lipinski definition) is 7. The molecule has 1 aliphatic heterocycles. The van der Waals surface area contributed by atoms with E-state index in [0.29, 0.717) is 40.3 Å². The van der Waals surface area contributed by atoms with Crippen molar-refractivity contribution >= 4 is 23.7 Å². The Balaban J connectivity index is 1.68. The predicted molar refractivity (Wildman–Crippen MR) is 134 cm³/mol. The summed E-state index contributed by atoms with van der Waals surface area (Å²) in [5.74, 6) is 0.946. The fourth-order valence-corrected chi connectivity index (χ4v) is 4.66. The number of nitrogens with one attached hydrogen (secondary N) is 1. The lowest BCUT2D eigenvalue weighted by Crippen LogP contribution is -2.29. The number of halogens is 1. The molecule has 0 spiro atoms. The molecule has 0 fully saturated rings. The Kier molecular flexibility index (Phi) is 8.07. The van der Waals surface area contributed by atoms with E-state index in [4.69, 9.17) is 9.47 Å². The highest BCUT2D eigenvalue weighted by molar-refractivity contribution is 7.98. The lowest BCUT2D eigenvalue weighted by Gasteiger charge is -2.28. The Labute approximate surface area is 208 Å². The number of esters is 1. The summed E-state index contributed by atoms with van der Waals surface area (Å²) in [5.41, 5.74) is 2.52. The molecule has 0 amide bonds. The normalized spacial score (nSPS) is 14.9. The number of carbonyl (C=O) groups excluding carboxylic acids is 1. The molecule has 0 bridgehead atoms. The summed E-state index contributed by atoms with van der Waals surface area (Å²) in [4.78, 5) is 17.6. The van der Waals surface area contributed by atoms with Crippen molar-refractivity contribution in [2.24, 2.45) is 0 Å². The third kappa shape index (κ3) is 5.67. The Morgan fingerprint density at radius 1 is 1.20 bits per heavy atom. The van der Waals surface area contributed by atoms with Crippen LogP contribution in [0.15, 0.2) is 65.0 Å². The number of fused-ring (bicyclic) bond motifs is 1. The number of rotatable bonds is 10. The molecule has 35 heavy (non-hydrogen) atoms. The maximum Gasteiger partial charge on any atom is 0.338 e. The number of ether oxygens (including phenoxy) is 2. The van der Waals surface area contributed by atoms with E-state index in [0.717, 1.165) is 24.2 Å². The summed E-state index contributed by atoms with van der Waals surface area (Å²) >= 11 is 1.33. The van der Waals surface area contributed by atoms with Crippen molar-refractivity contribution in [2.75, 3.05) is 18.5 Å². The molecule has 1 aliphatic rings. The molecule has 0 saturated carbocycles. The highest BCUT2D eigenvalue weighted by atomic mass is 32.2. The largest absolute Gasteiger partial charge is 0.494 e. The van der Waals surface area contributed by atoms with Crippen LogP contribution in [0, 0.1) is 5.82 Å². The van der Waals surface area contributed by atoms with Gasteiger partial charge in [0, 0.05) is 11.4 Å². The molecule has 2 heterocycles. The molecular weight excluding hydrogens is 467 g/mol.